The first-order chi connectivity index (χ1) is 7.56. The Hall–Kier alpha value is -1.30. The predicted molar refractivity (Wildman–Crippen MR) is 76.7 cm³/mol. The lowest BCUT2D eigenvalue weighted by Gasteiger charge is -2.07. The van der Waals surface area contributed by atoms with Crippen LogP contribution in [-0.2, 0) is 4.79 Å². The number of nitrogens with two attached hydrogens (primary N) is 1. The number of aromatic nitrogens is 2. The first-order valence-electron chi connectivity index (χ1n) is 5.08. The van der Waals surface area contributed by atoms with Crippen LogP contribution in [0.25, 0.3) is 5.65 Å². The Balaban J connectivity index is 0.00000144. The minimum absolute atomic E-state index is 0. The van der Waals surface area contributed by atoms with Gasteiger partial charge in [0, 0.05) is 12.4 Å². The van der Waals surface area contributed by atoms with E-state index in [4.69, 9.17) is 5.73 Å². The zero-order valence-electron chi connectivity index (χ0n) is 10.1. The molecule has 100 valence electrons. The summed E-state index contributed by atoms with van der Waals surface area (Å²) in [4.78, 5) is 15.7. The van der Waals surface area contributed by atoms with Crippen LogP contribution in [0.1, 0.15) is 12.6 Å². The number of carbonyl (C=O) groups excluding carboxylic acids is 1. The molecular formula is C11H16Cl2N4O. The maximum absolute atomic E-state index is 11.4. The number of anilines is 1. The van der Waals surface area contributed by atoms with E-state index in [9.17, 15) is 4.79 Å². The van der Waals surface area contributed by atoms with Crippen molar-refractivity contribution in [1.82, 2.24) is 9.38 Å². The molecule has 2 rings (SSSR count). The van der Waals surface area contributed by atoms with Gasteiger partial charge in [-0.3, -0.25) is 4.79 Å². The molecule has 7 heteroatoms. The Bertz CT molecular complexity index is 539. The molecule has 1 amide bonds. The van der Waals surface area contributed by atoms with Crippen molar-refractivity contribution in [1.29, 1.82) is 0 Å². The molecule has 1 atom stereocenters. The van der Waals surface area contributed by atoms with E-state index in [0.29, 0.717) is 5.69 Å². The van der Waals surface area contributed by atoms with Gasteiger partial charge in [-0.05, 0) is 26.0 Å². The van der Waals surface area contributed by atoms with Crippen molar-refractivity contribution in [2.24, 2.45) is 5.73 Å². The molecule has 5 nitrogen and oxygen atoms in total. The molecule has 3 N–H and O–H groups in total. The summed E-state index contributed by atoms with van der Waals surface area (Å²) in [5, 5.41) is 2.73. The fourth-order valence-corrected chi connectivity index (χ4v) is 1.45. The van der Waals surface area contributed by atoms with Gasteiger partial charge in [0.05, 0.1) is 17.4 Å². The fraction of sp³-hybridized carbons (Fsp3) is 0.273. The van der Waals surface area contributed by atoms with Gasteiger partial charge in [0.1, 0.15) is 5.65 Å². The number of nitrogens with zero attached hydrogens (tertiary/aromatic N) is 2. The number of pyridine rings is 1. The monoisotopic (exact) mass is 290 g/mol. The Morgan fingerprint density at radius 3 is 2.67 bits per heavy atom. The summed E-state index contributed by atoms with van der Waals surface area (Å²) in [7, 11) is 0. The summed E-state index contributed by atoms with van der Waals surface area (Å²) in [6.45, 7) is 3.57. The molecule has 0 aliphatic carbocycles. The van der Waals surface area contributed by atoms with Gasteiger partial charge in [-0.1, -0.05) is 0 Å². The van der Waals surface area contributed by atoms with E-state index in [1.165, 1.54) is 0 Å². The van der Waals surface area contributed by atoms with Crippen LogP contribution in [0, 0.1) is 6.92 Å². The number of amides is 1. The third-order valence-electron chi connectivity index (χ3n) is 2.25. The molecule has 0 radical (unpaired) electrons. The standard InChI is InChI=1S/C11H14N4O.2ClH/c1-7-5-15-6-9(3-4-10(15)13-7)14-11(16)8(2)12;;/h3-6,8H,12H2,1-2H3,(H,14,16);2*1H/t8-;;/m1../s1. The highest BCUT2D eigenvalue weighted by molar-refractivity contribution is 5.94. The summed E-state index contributed by atoms with van der Waals surface area (Å²) in [5.74, 6) is -0.198. The highest BCUT2D eigenvalue weighted by Gasteiger charge is 2.07. The van der Waals surface area contributed by atoms with Crippen molar-refractivity contribution >= 4 is 42.1 Å². The molecule has 0 aliphatic rings. The number of fused-ring (bicyclic) bond motifs is 1. The summed E-state index contributed by atoms with van der Waals surface area (Å²) in [6.07, 6.45) is 3.71. The number of nitrogens with one attached hydrogen (secondary N) is 1. The van der Waals surface area contributed by atoms with Gasteiger partial charge < -0.3 is 15.5 Å². The third-order valence-corrected chi connectivity index (χ3v) is 2.25. The predicted octanol–water partition coefficient (Wildman–Crippen LogP) is 1.77. The number of hydrogen-bond donors (Lipinski definition) is 2. The Labute approximate surface area is 118 Å². The molecule has 2 aromatic rings. The average molecular weight is 291 g/mol. The maximum atomic E-state index is 11.4. The van der Waals surface area contributed by atoms with E-state index in [1.807, 2.05) is 35.9 Å². The quantitative estimate of drug-likeness (QED) is 0.885. The van der Waals surface area contributed by atoms with E-state index < -0.39 is 6.04 Å². The van der Waals surface area contributed by atoms with Crippen molar-refractivity contribution in [2.75, 3.05) is 5.32 Å². The van der Waals surface area contributed by atoms with Crippen LogP contribution < -0.4 is 11.1 Å². The fourth-order valence-electron chi connectivity index (χ4n) is 1.45. The minimum atomic E-state index is -0.514. The van der Waals surface area contributed by atoms with Crippen LogP contribution >= 0.6 is 24.8 Å². The van der Waals surface area contributed by atoms with Crippen molar-refractivity contribution in [3.8, 4) is 0 Å². The molecule has 2 aromatic heterocycles. The summed E-state index contributed by atoms with van der Waals surface area (Å²) in [5.41, 5.74) is 7.98. The SMILES string of the molecule is Cc1cn2cc(NC(=O)[C@@H](C)N)ccc2n1.Cl.Cl. The highest BCUT2D eigenvalue weighted by atomic mass is 35.5. The minimum Gasteiger partial charge on any atom is -0.323 e. The van der Waals surface area contributed by atoms with Gasteiger partial charge in [0.15, 0.2) is 0 Å². The highest BCUT2D eigenvalue weighted by Crippen LogP contribution is 2.11. The van der Waals surface area contributed by atoms with E-state index in [2.05, 4.69) is 10.3 Å². The average Bonchev–Trinajstić information content (AvgIpc) is 2.57. The van der Waals surface area contributed by atoms with Gasteiger partial charge in [-0.2, -0.15) is 0 Å². The Morgan fingerprint density at radius 2 is 2.06 bits per heavy atom. The van der Waals surface area contributed by atoms with Crippen LogP contribution in [0.3, 0.4) is 0 Å². The third kappa shape index (κ3) is 3.60. The summed E-state index contributed by atoms with van der Waals surface area (Å²) in [6, 6.07) is 3.14. The summed E-state index contributed by atoms with van der Waals surface area (Å²) < 4.78 is 1.87. The molecule has 0 fully saturated rings. The van der Waals surface area contributed by atoms with Crippen LogP contribution in [-0.4, -0.2) is 21.3 Å². The smallest absolute Gasteiger partial charge is 0.241 e. The van der Waals surface area contributed by atoms with Crippen LogP contribution in [0.4, 0.5) is 5.69 Å². The number of carbonyl (C=O) groups is 1. The van der Waals surface area contributed by atoms with Crippen molar-refractivity contribution in [3.05, 3.63) is 30.2 Å². The zero-order chi connectivity index (χ0) is 11.7. The van der Waals surface area contributed by atoms with Crippen LogP contribution in [0.15, 0.2) is 24.5 Å². The molecule has 18 heavy (non-hydrogen) atoms. The molecule has 0 aliphatic heterocycles. The van der Waals surface area contributed by atoms with Crippen molar-refractivity contribution < 1.29 is 4.79 Å². The molecular weight excluding hydrogens is 275 g/mol. The van der Waals surface area contributed by atoms with E-state index in [0.717, 1.165) is 11.3 Å². The number of halogens is 2. The molecule has 0 aromatic carbocycles. The summed E-state index contributed by atoms with van der Waals surface area (Å²) >= 11 is 0. The lowest BCUT2D eigenvalue weighted by molar-refractivity contribution is -0.117. The second kappa shape index (κ2) is 6.58. The lowest BCUT2D eigenvalue weighted by Crippen LogP contribution is -2.32. The number of hydrogen-bond acceptors (Lipinski definition) is 3. The largest absolute Gasteiger partial charge is 0.323 e. The van der Waals surface area contributed by atoms with Crippen LogP contribution in [0.5, 0.6) is 0 Å². The van der Waals surface area contributed by atoms with Gasteiger partial charge in [0.2, 0.25) is 5.91 Å². The van der Waals surface area contributed by atoms with E-state index in [-0.39, 0.29) is 30.7 Å². The Kier molecular flexibility index (Phi) is 6.11. The molecule has 0 saturated heterocycles. The molecule has 0 bridgehead atoms. The lowest BCUT2D eigenvalue weighted by atomic mass is 10.3. The molecule has 2 heterocycles. The second-order valence-electron chi connectivity index (χ2n) is 3.84. The number of aryl methyl sites for hydroxylation is 1. The first kappa shape index (κ1) is 16.7. The molecule has 0 unspecified atom stereocenters. The van der Waals surface area contributed by atoms with Gasteiger partial charge in [-0.15, -0.1) is 24.8 Å². The topological polar surface area (TPSA) is 72.4 Å². The maximum Gasteiger partial charge on any atom is 0.241 e. The second-order valence-corrected chi connectivity index (χ2v) is 3.84. The first-order valence-corrected chi connectivity index (χ1v) is 5.08. The number of rotatable bonds is 2. The van der Waals surface area contributed by atoms with E-state index in [1.54, 1.807) is 6.92 Å². The van der Waals surface area contributed by atoms with Gasteiger partial charge in [0.25, 0.3) is 0 Å². The number of imidazole rings is 1. The normalized spacial score (nSPS) is 11.3. The van der Waals surface area contributed by atoms with Crippen molar-refractivity contribution in [3.63, 3.8) is 0 Å². The Morgan fingerprint density at radius 1 is 1.39 bits per heavy atom. The van der Waals surface area contributed by atoms with Gasteiger partial charge in [-0.25, -0.2) is 4.98 Å². The molecule has 0 spiro atoms. The molecule has 0 saturated carbocycles. The van der Waals surface area contributed by atoms with E-state index >= 15 is 0 Å². The van der Waals surface area contributed by atoms with Crippen molar-refractivity contribution in [2.45, 2.75) is 19.9 Å². The zero-order valence-corrected chi connectivity index (χ0v) is 11.7. The van der Waals surface area contributed by atoms with Crippen LogP contribution in [0.2, 0.25) is 0 Å². The van der Waals surface area contributed by atoms with Gasteiger partial charge >= 0.3 is 0 Å².